The number of rotatable bonds is 4. The van der Waals surface area contributed by atoms with Crippen LogP contribution in [0.25, 0.3) is 0 Å². The van der Waals surface area contributed by atoms with E-state index in [0.717, 1.165) is 6.42 Å². The van der Waals surface area contributed by atoms with Gasteiger partial charge in [-0.25, -0.2) is 0 Å². The normalized spacial score (nSPS) is 12.0. The van der Waals surface area contributed by atoms with Gasteiger partial charge in [-0.05, 0) is 12.8 Å². The molecule has 0 saturated carbocycles. The van der Waals surface area contributed by atoms with Gasteiger partial charge in [-0.2, -0.15) is 0 Å². The van der Waals surface area contributed by atoms with Crippen molar-refractivity contribution in [1.82, 2.24) is 0 Å². The molecule has 0 amide bonds. The van der Waals surface area contributed by atoms with Gasteiger partial charge in [0.25, 0.3) is 0 Å². The van der Waals surface area contributed by atoms with Crippen molar-refractivity contribution in [2.24, 2.45) is 5.73 Å². The fourth-order valence-corrected chi connectivity index (χ4v) is 0.773. The lowest BCUT2D eigenvalue weighted by Crippen LogP contribution is -1.86. The van der Waals surface area contributed by atoms with Crippen molar-refractivity contribution in [1.29, 1.82) is 0 Å². The molecule has 2 heteroatoms. The largest absolute Gasteiger partial charge is 0.394 e. The fourth-order valence-electron chi connectivity index (χ4n) is 0.644. The van der Waals surface area contributed by atoms with Gasteiger partial charge in [0.05, 0.1) is 5.03 Å². The third kappa shape index (κ3) is 7.89. The first kappa shape index (κ1) is 8.89. The molecular formula is C7H15NS. The predicted molar refractivity (Wildman–Crippen MR) is 45.4 cm³/mol. The van der Waals surface area contributed by atoms with Crippen molar-refractivity contribution in [3.63, 3.8) is 0 Å². The van der Waals surface area contributed by atoms with E-state index in [0.29, 0.717) is 5.03 Å². The molecule has 1 nitrogen and oxygen atoms in total. The summed E-state index contributed by atoms with van der Waals surface area (Å²) in [6, 6.07) is 0. The van der Waals surface area contributed by atoms with Gasteiger partial charge in [-0.3, -0.25) is 0 Å². The summed E-state index contributed by atoms with van der Waals surface area (Å²) in [5, 5.41) is 0.645. The Morgan fingerprint density at radius 3 is 2.67 bits per heavy atom. The second-order valence-electron chi connectivity index (χ2n) is 2.12. The summed E-state index contributed by atoms with van der Waals surface area (Å²) in [6.45, 7) is 2.19. The van der Waals surface area contributed by atoms with Crippen molar-refractivity contribution < 1.29 is 0 Å². The molecule has 0 aliphatic rings. The molecule has 0 unspecified atom stereocenters. The summed E-state index contributed by atoms with van der Waals surface area (Å²) < 4.78 is 0. The highest BCUT2D eigenvalue weighted by molar-refractivity contribution is 7.84. The maximum absolute atomic E-state index is 5.30. The van der Waals surface area contributed by atoms with E-state index in [2.05, 4.69) is 19.6 Å². The van der Waals surface area contributed by atoms with Crippen molar-refractivity contribution >= 4 is 12.6 Å². The molecule has 0 spiro atoms. The maximum Gasteiger partial charge on any atom is 0.0583 e. The Hall–Kier alpha value is -0.110. The van der Waals surface area contributed by atoms with Crippen LogP contribution in [0.2, 0.25) is 0 Å². The summed E-state index contributed by atoms with van der Waals surface area (Å²) in [5.41, 5.74) is 5.30. The van der Waals surface area contributed by atoms with E-state index in [9.17, 15) is 0 Å². The standard InChI is InChI=1S/C7H15NS/c1-2-3-4-5-6-7(8)9/h6,9H,2-5,8H2,1H3/b7-6-. The third-order valence-electron chi connectivity index (χ3n) is 1.16. The first-order valence-electron chi connectivity index (χ1n) is 3.42. The van der Waals surface area contributed by atoms with E-state index < -0.39 is 0 Å². The molecule has 0 aromatic carbocycles. The topological polar surface area (TPSA) is 26.0 Å². The van der Waals surface area contributed by atoms with E-state index in [4.69, 9.17) is 5.73 Å². The summed E-state index contributed by atoms with van der Waals surface area (Å²) in [5.74, 6) is 0. The summed E-state index contributed by atoms with van der Waals surface area (Å²) >= 11 is 3.94. The Kier molecular flexibility index (Phi) is 5.94. The predicted octanol–water partition coefficient (Wildman–Crippen LogP) is 2.30. The number of unbranched alkanes of at least 4 members (excludes halogenated alkanes) is 3. The zero-order chi connectivity index (χ0) is 7.11. The van der Waals surface area contributed by atoms with Gasteiger partial charge in [0.1, 0.15) is 0 Å². The van der Waals surface area contributed by atoms with Crippen LogP contribution < -0.4 is 5.73 Å². The smallest absolute Gasteiger partial charge is 0.0583 e. The number of allylic oxidation sites excluding steroid dienone is 1. The Morgan fingerprint density at radius 1 is 1.56 bits per heavy atom. The highest BCUT2D eigenvalue weighted by Crippen LogP contribution is 2.01. The second kappa shape index (κ2) is 6.02. The molecule has 0 aromatic heterocycles. The van der Waals surface area contributed by atoms with Gasteiger partial charge in [0.2, 0.25) is 0 Å². The van der Waals surface area contributed by atoms with Crippen LogP contribution in [-0.4, -0.2) is 0 Å². The molecule has 0 aromatic rings. The van der Waals surface area contributed by atoms with Gasteiger partial charge < -0.3 is 5.73 Å². The minimum Gasteiger partial charge on any atom is -0.394 e. The minimum absolute atomic E-state index is 0.645. The molecule has 0 fully saturated rings. The Labute approximate surface area is 62.7 Å². The summed E-state index contributed by atoms with van der Waals surface area (Å²) in [6.07, 6.45) is 6.82. The number of nitrogens with two attached hydrogens (primary N) is 1. The molecule has 0 rings (SSSR count). The average molecular weight is 145 g/mol. The number of thiol groups is 1. The van der Waals surface area contributed by atoms with Gasteiger partial charge in [0, 0.05) is 0 Å². The molecule has 0 bridgehead atoms. The summed E-state index contributed by atoms with van der Waals surface area (Å²) in [4.78, 5) is 0. The van der Waals surface area contributed by atoms with Crippen molar-refractivity contribution in [2.75, 3.05) is 0 Å². The van der Waals surface area contributed by atoms with E-state index in [1.165, 1.54) is 19.3 Å². The fraction of sp³-hybridized carbons (Fsp3) is 0.714. The summed E-state index contributed by atoms with van der Waals surface area (Å²) in [7, 11) is 0. The second-order valence-corrected chi connectivity index (χ2v) is 2.64. The van der Waals surface area contributed by atoms with Gasteiger partial charge in [-0.15, -0.1) is 12.6 Å². The SMILES string of the molecule is CCCCC/C=C(/N)S. The maximum atomic E-state index is 5.30. The molecule has 0 heterocycles. The Balaban J connectivity index is 3.00. The lowest BCUT2D eigenvalue weighted by molar-refractivity contribution is 0.728. The van der Waals surface area contributed by atoms with Crippen LogP contribution >= 0.6 is 12.6 Å². The Morgan fingerprint density at radius 2 is 2.22 bits per heavy atom. The van der Waals surface area contributed by atoms with E-state index in [1.54, 1.807) is 0 Å². The highest BCUT2D eigenvalue weighted by Gasteiger charge is 1.82. The third-order valence-corrected chi connectivity index (χ3v) is 1.34. The van der Waals surface area contributed by atoms with Crippen LogP contribution in [0, 0.1) is 0 Å². The first-order valence-corrected chi connectivity index (χ1v) is 3.86. The monoisotopic (exact) mass is 145 g/mol. The minimum atomic E-state index is 0.645. The zero-order valence-electron chi connectivity index (χ0n) is 5.93. The van der Waals surface area contributed by atoms with Crippen LogP contribution in [-0.2, 0) is 0 Å². The molecule has 9 heavy (non-hydrogen) atoms. The van der Waals surface area contributed by atoms with Crippen molar-refractivity contribution in [3.05, 3.63) is 11.1 Å². The van der Waals surface area contributed by atoms with Crippen LogP contribution in [0.3, 0.4) is 0 Å². The van der Waals surface area contributed by atoms with Crippen LogP contribution in [0.1, 0.15) is 32.6 Å². The zero-order valence-corrected chi connectivity index (χ0v) is 6.82. The molecule has 0 saturated heterocycles. The van der Waals surface area contributed by atoms with E-state index in [-0.39, 0.29) is 0 Å². The molecule has 2 N–H and O–H groups in total. The molecular weight excluding hydrogens is 130 g/mol. The Bertz CT molecular complexity index is 84.9. The number of hydrogen-bond donors (Lipinski definition) is 2. The van der Waals surface area contributed by atoms with Gasteiger partial charge >= 0.3 is 0 Å². The van der Waals surface area contributed by atoms with Crippen LogP contribution in [0.5, 0.6) is 0 Å². The lowest BCUT2D eigenvalue weighted by Gasteiger charge is -1.91. The van der Waals surface area contributed by atoms with Crippen molar-refractivity contribution in [3.8, 4) is 0 Å². The highest BCUT2D eigenvalue weighted by atomic mass is 32.1. The van der Waals surface area contributed by atoms with Crippen molar-refractivity contribution in [2.45, 2.75) is 32.6 Å². The quantitative estimate of drug-likeness (QED) is 0.461. The van der Waals surface area contributed by atoms with Gasteiger partial charge in [0.15, 0.2) is 0 Å². The number of hydrogen-bond acceptors (Lipinski definition) is 2. The first-order chi connectivity index (χ1) is 4.27. The lowest BCUT2D eigenvalue weighted by atomic mass is 10.2. The molecule has 54 valence electrons. The van der Waals surface area contributed by atoms with E-state index in [1.807, 2.05) is 6.08 Å². The van der Waals surface area contributed by atoms with E-state index >= 15 is 0 Å². The van der Waals surface area contributed by atoms with Crippen LogP contribution in [0.4, 0.5) is 0 Å². The van der Waals surface area contributed by atoms with Gasteiger partial charge in [-0.1, -0.05) is 25.8 Å². The molecule has 0 atom stereocenters. The average Bonchev–Trinajstić information content (AvgIpc) is 1.80. The molecule has 0 radical (unpaired) electrons. The van der Waals surface area contributed by atoms with Crippen LogP contribution in [0.15, 0.2) is 11.1 Å². The molecule has 0 aliphatic carbocycles. The molecule has 0 aliphatic heterocycles.